The quantitative estimate of drug-likeness (QED) is 0.701. The van der Waals surface area contributed by atoms with Gasteiger partial charge in [0.2, 0.25) is 5.89 Å². The van der Waals surface area contributed by atoms with E-state index in [1.807, 2.05) is 25.1 Å². The van der Waals surface area contributed by atoms with E-state index in [0.29, 0.717) is 24.0 Å². The first-order chi connectivity index (χ1) is 11.7. The molecule has 0 amide bonds. The van der Waals surface area contributed by atoms with Crippen molar-refractivity contribution in [2.45, 2.75) is 33.2 Å². The molecule has 0 bridgehead atoms. The zero-order valence-electron chi connectivity index (χ0n) is 13.9. The molecule has 9 heteroatoms. The lowest BCUT2D eigenvalue weighted by Crippen LogP contribution is -2.05. The van der Waals surface area contributed by atoms with Crippen LogP contribution in [0.4, 0.5) is 5.69 Å². The van der Waals surface area contributed by atoms with E-state index in [0.717, 1.165) is 30.0 Å². The molecule has 0 aliphatic carbocycles. The summed E-state index contributed by atoms with van der Waals surface area (Å²) in [5.41, 5.74) is 1.62. The second-order valence-electron chi connectivity index (χ2n) is 5.23. The van der Waals surface area contributed by atoms with Crippen LogP contribution in [0.5, 0.6) is 5.75 Å². The first-order valence-corrected chi connectivity index (χ1v) is 7.70. The molecule has 24 heavy (non-hydrogen) atoms. The van der Waals surface area contributed by atoms with Gasteiger partial charge in [-0.15, -0.1) is 5.10 Å². The van der Waals surface area contributed by atoms with E-state index in [1.165, 1.54) is 0 Å². The molecule has 0 unspecified atom stereocenters. The number of nitrogens with one attached hydrogen (secondary N) is 1. The number of rotatable bonds is 7. The minimum absolute atomic E-state index is 0.442. The Balaban J connectivity index is 1.77. The highest BCUT2D eigenvalue weighted by Crippen LogP contribution is 2.26. The van der Waals surface area contributed by atoms with Gasteiger partial charge in [0.1, 0.15) is 11.4 Å². The average molecular weight is 329 g/mol. The zero-order chi connectivity index (χ0) is 16.9. The van der Waals surface area contributed by atoms with Gasteiger partial charge in [0.25, 0.3) is 0 Å². The second-order valence-corrected chi connectivity index (χ2v) is 5.23. The average Bonchev–Trinajstić information content (AvgIpc) is 3.22. The van der Waals surface area contributed by atoms with Crippen molar-refractivity contribution in [3.63, 3.8) is 0 Å². The molecule has 0 spiro atoms. The van der Waals surface area contributed by atoms with Crippen molar-refractivity contribution in [3.8, 4) is 11.4 Å². The summed E-state index contributed by atoms with van der Waals surface area (Å²) < 4.78 is 12.2. The fourth-order valence-corrected chi connectivity index (χ4v) is 2.28. The normalized spacial score (nSPS) is 10.8. The molecule has 0 fully saturated rings. The highest BCUT2D eigenvalue weighted by atomic mass is 16.5. The summed E-state index contributed by atoms with van der Waals surface area (Å²) >= 11 is 0. The van der Waals surface area contributed by atoms with E-state index >= 15 is 0 Å². The van der Waals surface area contributed by atoms with Crippen molar-refractivity contribution >= 4 is 5.69 Å². The van der Waals surface area contributed by atoms with Crippen LogP contribution in [0.25, 0.3) is 5.69 Å². The predicted molar refractivity (Wildman–Crippen MR) is 86.1 cm³/mol. The molecule has 1 aromatic carbocycles. The minimum atomic E-state index is 0.442. The van der Waals surface area contributed by atoms with Crippen molar-refractivity contribution in [1.82, 2.24) is 30.3 Å². The third kappa shape index (κ3) is 3.34. The van der Waals surface area contributed by atoms with Crippen LogP contribution in [-0.2, 0) is 13.0 Å². The molecule has 2 aromatic heterocycles. The third-order valence-electron chi connectivity index (χ3n) is 3.46. The van der Waals surface area contributed by atoms with Gasteiger partial charge in [0.05, 0.1) is 13.7 Å². The third-order valence-corrected chi connectivity index (χ3v) is 3.46. The molecule has 126 valence electrons. The summed E-state index contributed by atoms with van der Waals surface area (Å²) in [5, 5.41) is 18.8. The summed E-state index contributed by atoms with van der Waals surface area (Å²) in [5.74, 6) is 2.63. The van der Waals surface area contributed by atoms with E-state index in [9.17, 15) is 0 Å². The van der Waals surface area contributed by atoms with Crippen molar-refractivity contribution in [3.05, 3.63) is 35.7 Å². The molecule has 0 aliphatic rings. The molecular weight excluding hydrogens is 310 g/mol. The SMILES string of the molecule is CCCc1noc(CNc2ccc(OC)c(-n3nnnc3C)c2)n1. The Morgan fingerprint density at radius 3 is 2.92 bits per heavy atom. The predicted octanol–water partition coefficient (Wildman–Crippen LogP) is 1.93. The van der Waals surface area contributed by atoms with Gasteiger partial charge in [0, 0.05) is 12.1 Å². The standard InChI is InChI=1S/C15H19N7O2/c1-4-5-14-17-15(24-19-14)9-16-11-6-7-13(23-3)12(8-11)22-10(2)18-20-21-22/h6-8,16H,4-5,9H2,1-3H3. The van der Waals surface area contributed by atoms with Crippen molar-refractivity contribution in [2.75, 3.05) is 12.4 Å². The Labute approximate surface area is 139 Å². The first kappa shape index (κ1) is 15.9. The Morgan fingerprint density at radius 2 is 2.21 bits per heavy atom. The second kappa shape index (κ2) is 7.07. The fraction of sp³-hybridized carbons (Fsp3) is 0.400. The molecule has 2 heterocycles. The van der Waals surface area contributed by atoms with Crippen LogP contribution in [-0.4, -0.2) is 37.5 Å². The number of ether oxygens (including phenoxy) is 1. The van der Waals surface area contributed by atoms with Gasteiger partial charge in [-0.3, -0.25) is 0 Å². The van der Waals surface area contributed by atoms with Gasteiger partial charge in [-0.1, -0.05) is 12.1 Å². The summed E-state index contributed by atoms with van der Waals surface area (Å²) in [6, 6.07) is 5.67. The molecule has 0 saturated carbocycles. The molecule has 0 atom stereocenters. The maximum absolute atomic E-state index is 5.39. The number of benzene rings is 1. The minimum Gasteiger partial charge on any atom is -0.494 e. The lowest BCUT2D eigenvalue weighted by Gasteiger charge is -2.11. The highest BCUT2D eigenvalue weighted by Gasteiger charge is 2.12. The number of nitrogens with zero attached hydrogens (tertiary/aromatic N) is 6. The summed E-state index contributed by atoms with van der Waals surface area (Å²) in [6.45, 7) is 4.35. The molecule has 0 aliphatic heterocycles. The number of hydrogen-bond acceptors (Lipinski definition) is 8. The lowest BCUT2D eigenvalue weighted by atomic mass is 10.2. The van der Waals surface area contributed by atoms with E-state index < -0.39 is 0 Å². The van der Waals surface area contributed by atoms with Gasteiger partial charge in [-0.2, -0.15) is 9.67 Å². The maximum Gasteiger partial charge on any atom is 0.245 e. The molecule has 9 nitrogen and oxygen atoms in total. The smallest absolute Gasteiger partial charge is 0.245 e. The van der Waals surface area contributed by atoms with Gasteiger partial charge in [-0.05, 0) is 42.0 Å². The number of aromatic nitrogens is 6. The number of hydrogen-bond donors (Lipinski definition) is 1. The van der Waals surface area contributed by atoms with E-state index in [4.69, 9.17) is 9.26 Å². The maximum atomic E-state index is 5.39. The van der Waals surface area contributed by atoms with E-state index in [1.54, 1.807) is 11.8 Å². The van der Waals surface area contributed by atoms with Crippen LogP contribution < -0.4 is 10.1 Å². The van der Waals surface area contributed by atoms with Crippen LogP contribution in [0.1, 0.15) is 30.9 Å². The van der Waals surface area contributed by atoms with Gasteiger partial charge < -0.3 is 14.6 Å². The highest BCUT2D eigenvalue weighted by molar-refractivity contribution is 5.58. The number of aryl methyl sites for hydroxylation is 2. The molecular formula is C15H19N7O2. The van der Waals surface area contributed by atoms with Crippen LogP contribution in [0, 0.1) is 6.92 Å². The Hall–Kier alpha value is -2.97. The molecule has 0 saturated heterocycles. The van der Waals surface area contributed by atoms with Gasteiger partial charge >= 0.3 is 0 Å². The summed E-state index contributed by atoms with van der Waals surface area (Å²) in [7, 11) is 1.61. The van der Waals surface area contributed by atoms with Crippen molar-refractivity contribution in [1.29, 1.82) is 0 Å². The molecule has 3 rings (SSSR count). The Morgan fingerprint density at radius 1 is 1.33 bits per heavy atom. The van der Waals surface area contributed by atoms with Gasteiger partial charge in [-0.25, -0.2) is 0 Å². The summed E-state index contributed by atoms with van der Waals surface area (Å²) in [4.78, 5) is 4.33. The van der Waals surface area contributed by atoms with Crippen molar-refractivity contribution in [2.24, 2.45) is 0 Å². The van der Waals surface area contributed by atoms with Crippen LogP contribution in [0.2, 0.25) is 0 Å². The Bertz CT molecular complexity index is 812. The van der Waals surface area contributed by atoms with Crippen LogP contribution in [0.15, 0.2) is 22.7 Å². The topological polar surface area (TPSA) is 104 Å². The van der Waals surface area contributed by atoms with E-state index in [2.05, 4.69) is 37.9 Å². The van der Waals surface area contributed by atoms with E-state index in [-0.39, 0.29) is 0 Å². The number of anilines is 1. The first-order valence-electron chi connectivity index (χ1n) is 7.70. The monoisotopic (exact) mass is 329 g/mol. The molecule has 3 aromatic rings. The van der Waals surface area contributed by atoms with Gasteiger partial charge in [0.15, 0.2) is 11.6 Å². The van der Waals surface area contributed by atoms with Crippen LogP contribution >= 0.6 is 0 Å². The van der Waals surface area contributed by atoms with Crippen molar-refractivity contribution < 1.29 is 9.26 Å². The zero-order valence-corrected chi connectivity index (χ0v) is 13.9. The Kier molecular flexibility index (Phi) is 4.69. The fourth-order valence-electron chi connectivity index (χ4n) is 2.28. The summed E-state index contributed by atoms with van der Waals surface area (Å²) in [6.07, 6.45) is 1.80. The molecule has 0 radical (unpaired) electrons. The van der Waals surface area contributed by atoms with Crippen LogP contribution in [0.3, 0.4) is 0 Å². The molecule has 1 N–H and O–H groups in total. The lowest BCUT2D eigenvalue weighted by molar-refractivity contribution is 0.377. The largest absolute Gasteiger partial charge is 0.494 e. The number of methoxy groups -OCH3 is 1. The number of tetrazole rings is 1.